The topological polar surface area (TPSA) is 144 Å². The van der Waals surface area contributed by atoms with Crippen LogP contribution in [0.4, 0.5) is 0 Å². The van der Waals surface area contributed by atoms with Gasteiger partial charge in [0.05, 0.1) is 18.0 Å². The minimum Gasteiger partial charge on any atom is -0.344 e. The molecule has 0 aliphatic carbocycles. The van der Waals surface area contributed by atoms with E-state index in [4.69, 9.17) is 4.98 Å². The second-order valence-corrected chi connectivity index (χ2v) is 11.6. The molecule has 1 aliphatic heterocycles. The van der Waals surface area contributed by atoms with Crippen LogP contribution in [0.25, 0.3) is 10.8 Å². The smallest absolute Gasteiger partial charge is 0.275 e. The van der Waals surface area contributed by atoms with Crippen LogP contribution in [0.3, 0.4) is 0 Å². The van der Waals surface area contributed by atoms with Crippen molar-refractivity contribution in [2.45, 2.75) is 65.1 Å². The van der Waals surface area contributed by atoms with Crippen molar-refractivity contribution in [1.29, 1.82) is 0 Å². The van der Waals surface area contributed by atoms with Crippen LogP contribution >= 0.6 is 0 Å². The number of amides is 3. The molecule has 12 nitrogen and oxygen atoms in total. The van der Waals surface area contributed by atoms with Crippen LogP contribution in [0, 0.1) is 12.8 Å². The first-order chi connectivity index (χ1) is 21.7. The lowest BCUT2D eigenvalue weighted by Gasteiger charge is -2.28. The Hall–Kier alpha value is -4.87. The predicted octanol–water partition coefficient (Wildman–Crippen LogP) is 2.70. The molecule has 2 aromatic carbocycles. The third kappa shape index (κ3) is 7.11. The van der Waals surface area contributed by atoms with Crippen molar-refractivity contribution in [3.8, 4) is 0 Å². The monoisotopic (exact) mass is 612 g/mol. The van der Waals surface area contributed by atoms with Gasteiger partial charge in [0, 0.05) is 31.9 Å². The predicted molar refractivity (Wildman–Crippen MR) is 169 cm³/mol. The maximum absolute atomic E-state index is 14.1. The molecule has 45 heavy (non-hydrogen) atoms. The third-order valence-corrected chi connectivity index (χ3v) is 8.39. The molecule has 4 aromatic rings. The number of nitrogens with zero attached hydrogens (tertiary/aromatic N) is 6. The molecule has 0 unspecified atom stereocenters. The molecule has 0 saturated heterocycles. The van der Waals surface area contributed by atoms with E-state index < -0.39 is 12.1 Å². The minimum absolute atomic E-state index is 0.110. The summed E-state index contributed by atoms with van der Waals surface area (Å²) in [4.78, 5) is 60.1. The van der Waals surface area contributed by atoms with Gasteiger partial charge in [-0.1, -0.05) is 68.8 Å². The van der Waals surface area contributed by atoms with E-state index >= 15 is 0 Å². The van der Waals surface area contributed by atoms with Crippen LogP contribution in [-0.4, -0.2) is 66.3 Å². The number of hydrogen-bond acceptors (Lipinski definition) is 7. The Morgan fingerprint density at radius 1 is 0.956 bits per heavy atom. The van der Waals surface area contributed by atoms with Gasteiger partial charge >= 0.3 is 0 Å². The van der Waals surface area contributed by atoms with E-state index in [2.05, 4.69) is 20.8 Å². The Morgan fingerprint density at radius 2 is 1.67 bits per heavy atom. The Bertz CT molecular complexity index is 1750. The zero-order valence-electron chi connectivity index (χ0n) is 26.2. The maximum Gasteiger partial charge on any atom is 0.275 e. The molecule has 3 amide bonds. The molecule has 1 aliphatic rings. The van der Waals surface area contributed by atoms with E-state index in [9.17, 15) is 19.2 Å². The highest BCUT2D eigenvalue weighted by Gasteiger charge is 2.31. The average Bonchev–Trinajstić information content (AvgIpc) is 3.42. The van der Waals surface area contributed by atoms with Gasteiger partial charge in [0.25, 0.3) is 11.5 Å². The molecular formula is C33H40N8O4. The highest BCUT2D eigenvalue weighted by molar-refractivity contribution is 6.04. The number of rotatable bonds is 5. The SMILES string of the molecule is CC[C@H](C)[C@@H]1NC(=O)CCCN(C(=O)c2nn(C)c(=O)c3ccccc23)CCn2nc(C)nc2[C@H](Cc2ccccc2)NC1=O. The number of aromatic nitrogens is 5. The highest BCUT2D eigenvalue weighted by Crippen LogP contribution is 2.21. The van der Waals surface area contributed by atoms with Crippen molar-refractivity contribution in [2.24, 2.45) is 13.0 Å². The number of aryl methyl sites for hydroxylation is 2. The summed E-state index contributed by atoms with van der Waals surface area (Å²) in [6.07, 6.45) is 1.66. The molecule has 3 atom stereocenters. The van der Waals surface area contributed by atoms with E-state index in [-0.39, 0.29) is 54.4 Å². The van der Waals surface area contributed by atoms with Gasteiger partial charge < -0.3 is 15.5 Å². The third-order valence-electron chi connectivity index (χ3n) is 8.39. The quantitative estimate of drug-likeness (QED) is 0.353. The lowest BCUT2D eigenvalue weighted by Crippen LogP contribution is -2.51. The fraction of sp³-hybridized carbons (Fsp3) is 0.424. The summed E-state index contributed by atoms with van der Waals surface area (Å²) in [5.41, 5.74) is 0.883. The lowest BCUT2D eigenvalue weighted by molar-refractivity contribution is -0.130. The summed E-state index contributed by atoms with van der Waals surface area (Å²) < 4.78 is 2.93. The van der Waals surface area contributed by atoms with Gasteiger partial charge in [0.15, 0.2) is 5.69 Å². The summed E-state index contributed by atoms with van der Waals surface area (Å²) in [7, 11) is 1.53. The fourth-order valence-corrected chi connectivity index (χ4v) is 5.73. The van der Waals surface area contributed by atoms with Crippen molar-refractivity contribution < 1.29 is 14.4 Å². The molecule has 3 heterocycles. The van der Waals surface area contributed by atoms with E-state index in [1.807, 2.05) is 44.2 Å². The number of carbonyl (C=O) groups is 3. The van der Waals surface area contributed by atoms with Gasteiger partial charge in [-0.15, -0.1) is 0 Å². The summed E-state index contributed by atoms with van der Waals surface area (Å²) in [6, 6.07) is 15.5. The second kappa shape index (κ2) is 13.8. The van der Waals surface area contributed by atoms with Gasteiger partial charge in [-0.2, -0.15) is 10.2 Å². The van der Waals surface area contributed by atoms with Gasteiger partial charge in [-0.3, -0.25) is 19.2 Å². The molecule has 0 saturated carbocycles. The van der Waals surface area contributed by atoms with Crippen LogP contribution < -0.4 is 16.2 Å². The second-order valence-electron chi connectivity index (χ2n) is 11.6. The average molecular weight is 613 g/mol. The van der Waals surface area contributed by atoms with E-state index in [0.29, 0.717) is 48.2 Å². The first kappa shape index (κ1) is 31.6. The van der Waals surface area contributed by atoms with E-state index in [1.54, 1.807) is 40.8 Å². The molecule has 5 rings (SSSR count). The van der Waals surface area contributed by atoms with E-state index in [0.717, 1.165) is 5.56 Å². The molecule has 236 valence electrons. The molecule has 0 spiro atoms. The van der Waals surface area contributed by atoms with Gasteiger partial charge in [0.1, 0.15) is 17.7 Å². The number of carbonyl (C=O) groups excluding carboxylic acids is 3. The normalized spacial score (nSPS) is 18.9. The van der Waals surface area contributed by atoms with Gasteiger partial charge in [-0.05, 0) is 37.3 Å². The number of benzene rings is 2. The fourth-order valence-electron chi connectivity index (χ4n) is 5.73. The first-order valence-electron chi connectivity index (χ1n) is 15.5. The highest BCUT2D eigenvalue weighted by atomic mass is 16.2. The van der Waals surface area contributed by atoms with Gasteiger partial charge in [0.2, 0.25) is 11.8 Å². The zero-order valence-corrected chi connectivity index (χ0v) is 26.2. The molecule has 2 aromatic heterocycles. The van der Waals surface area contributed by atoms with Gasteiger partial charge in [-0.25, -0.2) is 14.3 Å². The number of nitrogens with one attached hydrogen (secondary N) is 2. The number of hydrogen-bond donors (Lipinski definition) is 2. The summed E-state index contributed by atoms with van der Waals surface area (Å²) in [5.74, 6) is 0.114. The molecule has 0 radical (unpaired) electrons. The van der Waals surface area contributed by atoms with Crippen molar-refractivity contribution >= 4 is 28.5 Å². The standard InChI is InChI=1S/C33H40N8O4/c1-5-21(2)28-31(43)35-26(20-23-12-7-6-8-13-23)30-34-22(3)37-41(30)19-18-40(17-11-16-27(42)36-28)33(45)29-24-14-9-10-15-25(24)32(44)39(4)38-29/h6-10,12-15,21,26,28H,5,11,16-20H2,1-4H3,(H,35,43)(H,36,42)/t21-,26-,28-/m0/s1. The van der Waals surface area contributed by atoms with Crippen molar-refractivity contribution in [3.05, 3.63) is 87.9 Å². The largest absolute Gasteiger partial charge is 0.344 e. The van der Waals surface area contributed by atoms with Crippen LogP contribution in [0.5, 0.6) is 0 Å². The Morgan fingerprint density at radius 3 is 2.40 bits per heavy atom. The maximum atomic E-state index is 14.1. The Balaban J connectivity index is 1.54. The Kier molecular flexibility index (Phi) is 9.70. The van der Waals surface area contributed by atoms with Crippen molar-refractivity contribution in [3.63, 3.8) is 0 Å². The summed E-state index contributed by atoms with van der Waals surface area (Å²) >= 11 is 0. The first-order valence-corrected chi connectivity index (χ1v) is 15.5. The zero-order chi connectivity index (χ0) is 32.1. The van der Waals surface area contributed by atoms with Crippen LogP contribution in [0.1, 0.15) is 66.9 Å². The minimum atomic E-state index is -0.736. The van der Waals surface area contributed by atoms with Crippen LogP contribution in [-0.2, 0) is 29.6 Å². The summed E-state index contributed by atoms with van der Waals surface area (Å²) in [6.45, 7) is 6.53. The molecule has 0 bridgehead atoms. The van der Waals surface area contributed by atoms with E-state index in [1.165, 1.54) is 11.7 Å². The van der Waals surface area contributed by atoms with Crippen LogP contribution in [0.2, 0.25) is 0 Å². The van der Waals surface area contributed by atoms with Crippen molar-refractivity contribution in [2.75, 3.05) is 13.1 Å². The molecular weight excluding hydrogens is 572 g/mol. The molecule has 0 fully saturated rings. The number of fused-ring (bicyclic) bond motifs is 2. The lowest BCUT2D eigenvalue weighted by atomic mass is 9.97. The summed E-state index contributed by atoms with van der Waals surface area (Å²) in [5, 5.41) is 16.0. The molecule has 12 heteroatoms. The Labute approximate surface area is 261 Å². The van der Waals surface area contributed by atoms with Crippen LogP contribution in [0.15, 0.2) is 59.4 Å². The van der Waals surface area contributed by atoms with Crippen molar-refractivity contribution in [1.82, 2.24) is 40.1 Å². The molecule has 2 N–H and O–H groups in total.